The molecule has 128 valence electrons. The lowest BCUT2D eigenvalue weighted by atomic mass is 10.1. The third-order valence-electron chi connectivity index (χ3n) is 3.56. The molecule has 0 spiro atoms. The molecule has 1 N–H and O–H groups in total. The summed E-state index contributed by atoms with van der Waals surface area (Å²) in [4.78, 5) is 12.1. The Labute approximate surface area is 143 Å². The molecule has 1 aromatic heterocycles. The zero-order valence-electron chi connectivity index (χ0n) is 13.5. The van der Waals surface area contributed by atoms with E-state index in [0.29, 0.717) is 18.5 Å². The summed E-state index contributed by atoms with van der Waals surface area (Å²) < 4.78 is 23.8. The predicted octanol–water partition coefficient (Wildman–Crippen LogP) is 2.86. The van der Waals surface area contributed by atoms with Gasteiger partial charge in [0.1, 0.15) is 11.6 Å². The van der Waals surface area contributed by atoms with Crippen LogP contribution in [0.25, 0.3) is 11.5 Å². The minimum Gasteiger partial charge on any atom is -0.496 e. The van der Waals surface area contributed by atoms with Gasteiger partial charge in [0, 0.05) is 12.1 Å². The van der Waals surface area contributed by atoms with Gasteiger partial charge in [-0.2, -0.15) is 0 Å². The fraction of sp³-hybridized carbons (Fsp3) is 0.167. The molecule has 3 aromatic rings. The molecule has 0 radical (unpaired) electrons. The zero-order chi connectivity index (χ0) is 17.6. The van der Waals surface area contributed by atoms with Gasteiger partial charge in [0.25, 0.3) is 0 Å². The zero-order valence-corrected chi connectivity index (χ0v) is 13.5. The Kier molecular flexibility index (Phi) is 5.03. The number of para-hydroxylation sites is 1. The maximum absolute atomic E-state index is 13.2. The fourth-order valence-corrected chi connectivity index (χ4v) is 2.35. The summed E-state index contributed by atoms with van der Waals surface area (Å²) in [5.41, 5.74) is 1.40. The van der Waals surface area contributed by atoms with E-state index in [0.717, 1.165) is 11.3 Å². The van der Waals surface area contributed by atoms with Gasteiger partial charge in [-0.15, -0.1) is 10.2 Å². The van der Waals surface area contributed by atoms with Crippen molar-refractivity contribution in [1.29, 1.82) is 0 Å². The molecule has 2 aromatic carbocycles. The van der Waals surface area contributed by atoms with Crippen LogP contribution in [0.5, 0.6) is 5.75 Å². The van der Waals surface area contributed by atoms with Crippen LogP contribution in [0.3, 0.4) is 0 Å². The molecule has 0 saturated carbocycles. The highest BCUT2D eigenvalue weighted by atomic mass is 19.1. The SMILES string of the molecule is COc1ccccc1CCNC(=O)c1nnc(-c2cccc(F)c2)o1. The van der Waals surface area contributed by atoms with Gasteiger partial charge in [0.2, 0.25) is 5.89 Å². The number of carbonyl (C=O) groups excluding carboxylic acids is 1. The van der Waals surface area contributed by atoms with Gasteiger partial charge in [0.05, 0.1) is 7.11 Å². The standard InChI is InChI=1S/C18H16FN3O3/c1-24-15-8-3-2-5-12(15)9-10-20-16(23)18-22-21-17(25-18)13-6-4-7-14(19)11-13/h2-8,11H,9-10H2,1H3,(H,20,23). The summed E-state index contributed by atoms with van der Waals surface area (Å²) in [6.07, 6.45) is 0.598. The summed E-state index contributed by atoms with van der Waals surface area (Å²) in [5, 5.41) is 10.2. The van der Waals surface area contributed by atoms with E-state index in [1.54, 1.807) is 13.2 Å². The van der Waals surface area contributed by atoms with Crippen LogP contribution in [-0.2, 0) is 6.42 Å². The molecular weight excluding hydrogens is 325 g/mol. The van der Waals surface area contributed by atoms with E-state index in [9.17, 15) is 9.18 Å². The predicted molar refractivity (Wildman–Crippen MR) is 88.7 cm³/mol. The summed E-state index contributed by atoms with van der Waals surface area (Å²) in [6, 6.07) is 13.3. The number of nitrogens with one attached hydrogen (secondary N) is 1. The molecule has 0 aliphatic rings. The lowest BCUT2D eigenvalue weighted by Gasteiger charge is -2.08. The molecule has 3 rings (SSSR count). The van der Waals surface area contributed by atoms with E-state index < -0.39 is 11.7 Å². The molecule has 0 aliphatic heterocycles. The van der Waals surface area contributed by atoms with Crippen molar-refractivity contribution >= 4 is 5.91 Å². The molecule has 0 saturated heterocycles. The number of aromatic nitrogens is 2. The number of halogens is 1. The van der Waals surface area contributed by atoms with E-state index in [1.807, 2.05) is 24.3 Å². The van der Waals surface area contributed by atoms with Crippen LogP contribution in [0.4, 0.5) is 4.39 Å². The van der Waals surface area contributed by atoms with Gasteiger partial charge in [-0.25, -0.2) is 4.39 Å². The van der Waals surface area contributed by atoms with E-state index in [4.69, 9.17) is 9.15 Å². The Morgan fingerprint density at radius 3 is 2.84 bits per heavy atom. The molecule has 7 heteroatoms. The molecule has 0 bridgehead atoms. The van der Waals surface area contributed by atoms with Crippen molar-refractivity contribution in [2.75, 3.05) is 13.7 Å². The summed E-state index contributed by atoms with van der Waals surface area (Å²) in [7, 11) is 1.60. The molecule has 1 heterocycles. The van der Waals surface area contributed by atoms with Gasteiger partial charge in [0.15, 0.2) is 0 Å². The van der Waals surface area contributed by atoms with Crippen molar-refractivity contribution in [3.05, 3.63) is 65.8 Å². The van der Waals surface area contributed by atoms with Crippen molar-refractivity contribution in [1.82, 2.24) is 15.5 Å². The number of hydrogen-bond acceptors (Lipinski definition) is 5. The Bertz CT molecular complexity index is 879. The first kappa shape index (κ1) is 16.6. The molecular formula is C18H16FN3O3. The van der Waals surface area contributed by atoms with Crippen LogP contribution in [0.15, 0.2) is 52.9 Å². The number of benzene rings is 2. The topological polar surface area (TPSA) is 77.2 Å². The summed E-state index contributed by atoms with van der Waals surface area (Å²) >= 11 is 0. The van der Waals surface area contributed by atoms with E-state index >= 15 is 0 Å². The van der Waals surface area contributed by atoms with E-state index in [-0.39, 0.29) is 11.8 Å². The Morgan fingerprint density at radius 2 is 2.04 bits per heavy atom. The van der Waals surface area contributed by atoms with E-state index in [1.165, 1.54) is 18.2 Å². The Morgan fingerprint density at radius 1 is 1.20 bits per heavy atom. The first-order valence-electron chi connectivity index (χ1n) is 7.67. The number of methoxy groups -OCH3 is 1. The number of rotatable bonds is 6. The number of carbonyl (C=O) groups is 1. The van der Waals surface area contributed by atoms with Crippen molar-refractivity contribution in [2.45, 2.75) is 6.42 Å². The Balaban J connectivity index is 1.61. The molecule has 6 nitrogen and oxygen atoms in total. The molecule has 0 unspecified atom stereocenters. The molecule has 0 atom stereocenters. The van der Waals surface area contributed by atoms with Crippen LogP contribution >= 0.6 is 0 Å². The quantitative estimate of drug-likeness (QED) is 0.746. The second-order valence-corrected chi connectivity index (χ2v) is 5.24. The maximum Gasteiger partial charge on any atom is 0.308 e. The number of amides is 1. The molecule has 0 aliphatic carbocycles. The highest BCUT2D eigenvalue weighted by molar-refractivity contribution is 5.89. The monoisotopic (exact) mass is 341 g/mol. The van der Waals surface area contributed by atoms with E-state index in [2.05, 4.69) is 15.5 Å². The van der Waals surface area contributed by atoms with Crippen LogP contribution in [0.2, 0.25) is 0 Å². The minimum atomic E-state index is -0.481. The van der Waals surface area contributed by atoms with Gasteiger partial charge in [-0.05, 0) is 36.2 Å². The average Bonchev–Trinajstić information content (AvgIpc) is 3.12. The first-order valence-corrected chi connectivity index (χ1v) is 7.67. The van der Waals surface area contributed by atoms with Crippen LogP contribution in [0, 0.1) is 5.82 Å². The minimum absolute atomic E-state index is 0.0920. The largest absolute Gasteiger partial charge is 0.496 e. The summed E-state index contributed by atoms with van der Waals surface area (Å²) in [6.45, 7) is 0.386. The second-order valence-electron chi connectivity index (χ2n) is 5.24. The Hall–Kier alpha value is -3.22. The lowest BCUT2D eigenvalue weighted by Crippen LogP contribution is -2.26. The van der Waals surface area contributed by atoms with Gasteiger partial charge in [-0.3, -0.25) is 4.79 Å². The van der Waals surface area contributed by atoms with Crippen LogP contribution < -0.4 is 10.1 Å². The third-order valence-corrected chi connectivity index (χ3v) is 3.56. The highest BCUT2D eigenvalue weighted by Gasteiger charge is 2.16. The average molecular weight is 341 g/mol. The normalized spacial score (nSPS) is 10.5. The molecule has 1 amide bonds. The van der Waals surface area contributed by atoms with Gasteiger partial charge < -0.3 is 14.5 Å². The van der Waals surface area contributed by atoms with Crippen molar-refractivity contribution in [2.24, 2.45) is 0 Å². The number of ether oxygens (including phenoxy) is 1. The van der Waals surface area contributed by atoms with Crippen molar-refractivity contribution in [3.63, 3.8) is 0 Å². The number of hydrogen-bond donors (Lipinski definition) is 1. The second kappa shape index (κ2) is 7.57. The van der Waals surface area contributed by atoms with Crippen LogP contribution in [-0.4, -0.2) is 29.8 Å². The third kappa shape index (κ3) is 4.00. The smallest absolute Gasteiger partial charge is 0.308 e. The highest BCUT2D eigenvalue weighted by Crippen LogP contribution is 2.19. The summed E-state index contributed by atoms with van der Waals surface area (Å²) in [5.74, 6) is -0.208. The molecule has 25 heavy (non-hydrogen) atoms. The molecule has 0 fully saturated rings. The first-order chi connectivity index (χ1) is 12.2. The van der Waals surface area contributed by atoms with Crippen LogP contribution in [0.1, 0.15) is 16.2 Å². The van der Waals surface area contributed by atoms with Gasteiger partial charge >= 0.3 is 11.8 Å². The maximum atomic E-state index is 13.2. The number of nitrogens with zero attached hydrogens (tertiary/aromatic N) is 2. The van der Waals surface area contributed by atoms with Gasteiger partial charge in [-0.1, -0.05) is 24.3 Å². The van der Waals surface area contributed by atoms with Crippen molar-refractivity contribution in [3.8, 4) is 17.2 Å². The lowest BCUT2D eigenvalue weighted by molar-refractivity contribution is 0.0920. The fourth-order valence-electron chi connectivity index (χ4n) is 2.35. The van der Waals surface area contributed by atoms with Crippen molar-refractivity contribution < 1.29 is 18.3 Å².